The maximum atomic E-state index is 9.82. The van der Waals surface area contributed by atoms with Crippen LogP contribution < -0.4 is 0 Å². The molecule has 0 fully saturated rings. The van der Waals surface area contributed by atoms with Crippen LogP contribution in [0.4, 0.5) is 0 Å². The zero-order valence-electron chi connectivity index (χ0n) is 16.1. The lowest BCUT2D eigenvalue weighted by atomic mass is 10.2. The summed E-state index contributed by atoms with van der Waals surface area (Å²) in [6.45, 7) is 16.3. The van der Waals surface area contributed by atoms with Crippen molar-refractivity contribution in [1.29, 1.82) is 0 Å². The minimum Gasteiger partial charge on any atom is -0.466 e. The Bertz CT molecular complexity index is 199. The van der Waals surface area contributed by atoms with Gasteiger partial charge in [0.05, 0.1) is 18.8 Å². The number of carbonyl (C=O) groups excluding carboxylic acids is 1. The minimum atomic E-state index is -0.750. The van der Waals surface area contributed by atoms with E-state index in [1.807, 2.05) is 27.7 Å². The summed E-state index contributed by atoms with van der Waals surface area (Å²) in [5.74, 6) is -0.211. The van der Waals surface area contributed by atoms with Gasteiger partial charge in [0.1, 0.15) is 0 Å². The van der Waals surface area contributed by atoms with Gasteiger partial charge in [-0.15, -0.1) is 0 Å². The van der Waals surface area contributed by atoms with Gasteiger partial charge in [0.2, 0.25) is 0 Å². The molecule has 0 atom stereocenters. The van der Waals surface area contributed by atoms with E-state index in [0.29, 0.717) is 18.8 Å². The summed E-state index contributed by atoms with van der Waals surface area (Å²) >= 11 is 14.4. The number of alkyl halides is 3. The van der Waals surface area contributed by atoms with Crippen molar-refractivity contribution in [1.82, 2.24) is 0 Å². The highest BCUT2D eigenvalue weighted by atomic mass is 35.6. The Morgan fingerprint density at radius 1 is 0.870 bits per heavy atom. The van der Waals surface area contributed by atoms with E-state index in [1.165, 1.54) is 32.6 Å². The second-order valence-corrected chi connectivity index (χ2v) is 7.09. The summed E-state index contributed by atoms with van der Waals surface area (Å²) in [4.78, 5) is 9.82. The van der Waals surface area contributed by atoms with Crippen LogP contribution >= 0.6 is 34.8 Å². The molecule has 0 aromatic rings. The molecule has 0 aliphatic heterocycles. The average Bonchev–Trinajstić information content (AvgIpc) is 2.35. The summed E-state index contributed by atoms with van der Waals surface area (Å²) in [6, 6.07) is 0. The molecule has 0 heterocycles. The summed E-state index contributed by atoms with van der Waals surface area (Å²) in [5.41, 5.74) is 0. The van der Waals surface area contributed by atoms with Gasteiger partial charge in [-0.3, -0.25) is 4.79 Å². The third-order valence-electron chi connectivity index (χ3n) is 1.85. The molecular formula is C17H37Cl3O3. The first-order valence-corrected chi connectivity index (χ1v) is 9.56. The first-order chi connectivity index (χ1) is 10.5. The van der Waals surface area contributed by atoms with Crippen molar-refractivity contribution >= 4 is 40.8 Å². The molecule has 0 aromatic heterocycles. The highest BCUT2D eigenvalue weighted by molar-refractivity contribution is 6.63. The molecule has 0 aliphatic carbocycles. The van der Waals surface area contributed by atoms with Gasteiger partial charge in [0.15, 0.2) is 4.30 Å². The molecule has 0 N–H and O–H groups in total. The predicted octanol–water partition coefficient (Wildman–Crippen LogP) is 6.96. The highest BCUT2D eigenvalue weighted by Crippen LogP contribution is 2.03. The molecule has 0 rings (SSSR count). The topological polar surface area (TPSA) is 35.5 Å². The quantitative estimate of drug-likeness (QED) is 0.277. The van der Waals surface area contributed by atoms with E-state index < -0.39 is 4.30 Å². The smallest absolute Gasteiger partial charge is 0.302 e. The van der Waals surface area contributed by atoms with E-state index in [1.54, 1.807) is 6.92 Å². The average molecular weight is 396 g/mol. The van der Waals surface area contributed by atoms with Gasteiger partial charge in [-0.05, 0) is 34.6 Å². The Labute approximate surface area is 159 Å². The molecule has 0 saturated heterocycles. The molecule has 3 nitrogen and oxygen atoms in total. The van der Waals surface area contributed by atoms with Crippen LogP contribution in [0, 0.1) is 0 Å². The third-order valence-corrected chi connectivity index (χ3v) is 1.85. The molecule has 0 radical (unpaired) electrons. The van der Waals surface area contributed by atoms with Gasteiger partial charge >= 0.3 is 5.97 Å². The Kier molecular flexibility index (Phi) is 36.7. The number of ether oxygens (including phenoxy) is 2. The Morgan fingerprint density at radius 2 is 1.17 bits per heavy atom. The van der Waals surface area contributed by atoms with Crippen LogP contribution in [-0.2, 0) is 14.3 Å². The van der Waals surface area contributed by atoms with Crippen molar-refractivity contribution in [3.8, 4) is 0 Å². The second-order valence-electron chi connectivity index (χ2n) is 5.11. The Hall–Kier alpha value is 0.300. The summed E-state index contributed by atoms with van der Waals surface area (Å²) in [7, 11) is 0. The van der Waals surface area contributed by atoms with E-state index in [-0.39, 0.29) is 5.97 Å². The number of rotatable bonds is 6. The second kappa shape index (κ2) is 27.2. The predicted molar refractivity (Wildman–Crippen MR) is 105 cm³/mol. The maximum absolute atomic E-state index is 9.82. The standard InChI is InChI=1S/C6H14O.C6H14.C4H8O2.CHCl3/c1-5(2)7-6(3)4;1-3-5-6-4-2;1-3-6-4(2)5;2-1(3)4/h5-6H,1-4H3;3-6H2,1-2H3;3H2,1-2H3;1H. The molecule has 0 amide bonds. The zero-order chi connectivity index (χ0) is 19.3. The maximum Gasteiger partial charge on any atom is 0.302 e. The van der Waals surface area contributed by atoms with Crippen LogP contribution in [0.3, 0.4) is 0 Å². The molecule has 23 heavy (non-hydrogen) atoms. The van der Waals surface area contributed by atoms with E-state index in [4.69, 9.17) is 39.5 Å². The van der Waals surface area contributed by atoms with Crippen molar-refractivity contribution < 1.29 is 14.3 Å². The molecule has 6 heteroatoms. The fourth-order valence-corrected chi connectivity index (χ4v) is 1.25. The van der Waals surface area contributed by atoms with E-state index >= 15 is 0 Å². The Balaban J connectivity index is -0.000000107. The number of esters is 1. The summed E-state index contributed by atoms with van der Waals surface area (Å²) in [6.07, 6.45) is 6.29. The first kappa shape index (κ1) is 31.1. The van der Waals surface area contributed by atoms with Crippen molar-refractivity contribution in [2.24, 2.45) is 0 Å². The van der Waals surface area contributed by atoms with Crippen LogP contribution in [-0.4, -0.2) is 29.1 Å². The normalized spacial score (nSPS) is 9.30. The lowest BCUT2D eigenvalue weighted by Gasteiger charge is -2.09. The lowest BCUT2D eigenvalue weighted by molar-refractivity contribution is -0.140. The van der Waals surface area contributed by atoms with Gasteiger partial charge in [0.25, 0.3) is 0 Å². The molecule has 144 valence electrons. The van der Waals surface area contributed by atoms with Crippen LogP contribution in [0.1, 0.15) is 81.1 Å². The van der Waals surface area contributed by atoms with Gasteiger partial charge in [-0.2, -0.15) is 0 Å². The number of hydrogen-bond acceptors (Lipinski definition) is 3. The largest absolute Gasteiger partial charge is 0.466 e. The summed E-state index contributed by atoms with van der Waals surface area (Å²) in [5, 5.41) is 0. The van der Waals surface area contributed by atoms with Crippen LogP contribution in [0.2, 0.25) is 0 Å². The van der Waals surface area contributed by atoms with E-state index in [9.17, 15) is 4.79 Å². The van der Waals surface area contributed by atoms with Crippen LogP contribution in [0.15, 0.2) is 0 Å². The van der Waals surface area contributed by atoms with Gasteiger partial charge in [-0.1, -0.05) is 74.3 Å². The van der Waals surface area contributed by atoms with Crippen molar-refractivity contribution in [2.45, 2.75) is 97.6 Å². The third kappa shape index (κ3) is 86.6. The Morgan fingerprint density at radius 3 is 1.22 bits per heavy atom. The fourth-order valence-electron chi connectivity index (χ4n) is 1.25. The van der Waals surface area contributed by atoms with Crippen LogP contribution in [0.25, 0.3) is 0 Å². The minimum absolute atomic E-state index is 0.211. The number of unbranched alkanes of at least 4 members (excludes halogenated alkanes) is 3. The molecule has 0 aliphatic rings. The monoisotopic (exact) mass is 394 g/mol. The van der Waals surface area contributed by atoms with Crippen molar-refractivity contribution in [3.05, 3.63) is 0 Å². The molecule has 0 unspecified atom stereocenters. The number of hydrogen-bond donors (Lipinski definition) is 0. The van der Waals surface area contributed by atoms with E-state index in [0.717, 1.165) is 0 Å². The lowest BCUT2D eigenvalue weighted by Crippen LogP contribution is -2.09. The number of halogens is 3. The van der Waals surface area contributed by atoms with E-state index in [2.05, 4.69) is 18.6 Å². The molecule has 0 saturated carbocycles. The first-order valence-electron chi connectivity index (χ1n) is 8.25. The van der Waals surface area contributed by atoms with Crippen molar-refractivity contribution in [3.63, 3.8) is 0 Å². The molecular weight excluding hydrogens is 359 g/mol. The molecule has 0 spiro atoms. The molecule has 0 aromatic carbocycles. The van der Waals surface area contributed by atoms with Crippen molar-refractivity contribution in [2.75, 3.05) is 6.61 Å². The zero-order valence-corrected chi connectivity index (χ0v) is 18.4. The summed E-state index contributed by atoms with van der Waals surface area (Å²) < 4.78 is 8.90. The fraction of sp³-hybridized carbons (Fsp3) is 0.941. The van der Waals surface area contributed by atoms with Gasteiger partial charge < -0.3 is 9.47 Å². The van der Waals surface area contributed by atoms with Gasteiger partial charge in [-0.25, -0.2) is 0 Å². The highest BCUT2D eigenvalue weighted by Gasteiger charge is 1.94. The number of carbonyl (C=O) groups is 1. The molecule has 0 bridgehead atoms. The van der Waals surface area contributed by atoms with Crippen LogP contribution in [0.5, 0.6) is 0 Å². The SMILES string of the molecule is CC(C)OC(C)C.CCCCCC.CCOC(C)=O.ClC(Cl)Cl. The van der Waals surface area contributed by atoms with Gasteiger partial charge in [0, 0.05) is 6.92 Å².